The van der Waals surface area contributed by atoms with Crippen LogP contribution >= 0.6 is 0 Å². The Morgan fingerprint density at radius 1 is 1.13 bits per heavy atom. The van der Waals surface area contributed by atoms with Crippen LogP contribution in [-0.2, 0) is 23.9 Å². The van der Waals surface area contributed by atoms with Gasteiger partial charge in [-0.2, -0.15) is 5.26 Å². The highest BCUT2D eigenvalue weighted by Crippen LogP contribution is 2.27. The summed E-state index contributed by atoms with van der Waals surface area (Å²) in [5.41, 5.74) is 1.48. The Morgan fingerprint density at radius 3 is 2.32 bits per heavy atom. The van der Waals surface area contributed by atoms with Crippen LogP contribution in [0.4, 0.5) is 4.79 Å². The van der Waals surface area contributed by atoms with Crippen molar-refractivity contribution in [1.29, 1.82) is 5.26 Å². The van der Waals surface area contributed by atoms with Crippen LogP contribution in [0.1, 0.15) is 77.1 Å². The number of nitriles is 1. The van der Waals surface area contributed by atoms with Crippen molar-refractivity contribution < 1.29 is 28.7 Å². The SMILES string of the molecule is CCOC(=O)CCNC(=O)C(c1ccc(C)cc1C)N(CC#N)C(=O)C(CC(C)C)NC(=O)OC(C)(C)C. The molecule has 3 amide bonds. The molecule has 0 bridgehead atoms. The molecule has 1 aromatic rings. The number of nitrogens with zero attached hydrogens (tertiary/aromatic N) is 2. The Bertz CT molecular complexity index is 1030. The zero-order chi connectivity index (χ0) is 29.0. The zero-order valence-electron chi connectivity index (χ0n) is 23.8. The minimum atomic E-state index is -1.17. The highest BCUT2D eigenvalue weighted by molar-refractivity contribution is 5.92. The van der Waals surface area contributed by atoms with E-state index in [1.165, 1.54) is 4.90 Å². The van der Waals surface area contributed by atoms with Crippen LogP contribution < -0.4 is 10.6 Å². The lowest BCUT2D eigenvalue weighted by Crippen LogP contribution is -2.53. The molecule has 2 atom stereocenters. The van der Waals surface area contributed by atoms with Gasteiger partial charge >= 0.3 is 12.1 Å². The average molecular weight is 531 g/mol. The molecule has 210 valence electrons. The Morgan fingerprint density at radius 2 is 1.79 bits per heavy atom. The maximum Gasteiger partial charge on any atom is 0.408 e. The largest absolute Gasteiger partial charge is 0.466 e. The van der Waals surface area contributed by atoms with E-state index in [-0.39, 0.29) is 31.9 Å². The number of ether oxygens (including phenoxy) is 2. The van der Waals surface area contributed by atoms with Gasteiger partial charge in [-0.1, -0.05) is 37.6 Å². The molecule has 0 saturated carbocycles. The maximum absolute atomic E-state index is 13.9. The van der Waals surface area contributed by atoms with Crippen LogP contribution in [0.5, 0.6) is 0 Å². The standard InChI is InChI=1S/C28H42N4O6/c1-9-37-23(33)12-14-30-25(34)24(21-11-10-19(4)17-20(21)5)32(15-13-29)26(35)22(16-18(2)3)31-27(36)38-28(6,7)8/h10-11,17-18,22,24H,9,12,14-16H2,1-8H3,(H,30,34)(H,31,36). The monoisotopic (exact) mass is 530 g/mol. The maximum atomic E-state index is 13.9. The number of nitrogens with one attached hydrogen (secondary N) is 2. The molecule has 0 fully saturated rings. The molecule has 1 aromatic carbocycles. The fourth-order valence-corrected chi connectivity index (χ4v) is 3.92. The Kier molecular flexibility index (Phi) is 12.8. The lowest BCUT2D eigenvalue weighted by Gasteiger charge is -2.34. The van der Waals surface area contributed by atoms with Crippen LogP contribution in [0.25, 0.3) is 0 Å². The summed E-state index contributed by atoms with van der Waals surface area (Å²) in [6, 6.07) is 5.24. The fourth-order valence-electron chi connectivity index (χ4n) is 3.92. The molecule has 1 rings (SSSR count). The van der Waals surface area contributed by atoms with Gasteiger partial charge < -0.3 is 25.0 Å². The third-order valence-electron chi connectivity index (χ3n) is 5.43. The Hall–Kier alpha value is -3.61. The van der Waals surface area contributed by atoms with Gasteiger partial charge in [-0.05, 0) is 65.0 Å². The summed E-state index contributed by atoms with van der Waals surface area (Å²) < 4.78 is 10.3. The normalized spacial score (nSPS) is 12.6. The van der Waals surface area contributed by atoms with Crippen LogP contribution in [0, 0.1) is 31.1 Å². The predicted molar refractivity (Wildman–Crippen MR) is 143 cm³/mol. The summed E-state index contributed by atoms with van der Waals surface area (Å²) >= 11 is 0. The molecule has 0 spiro atoms. The van der Waals surface area contributed by atoms with Crippen molar-refractivity contribution in [3.63, 3.8) is 0 Å². The van der Waals surface area contributed by atoms with Crippen molar-refractivity contribution in [3.05, 3.63) is 34.9 Å². The summed E-state index contributed by atoms with van der Waals surface area (Å²) in [7, 11) is 0. The van der Waals surface area contributed by atoms with Crippen molar-refractivity contribution in [2.45, 2.75) is 85.9 Å². The second kappa shape index (κ2) is 15.0. The number of carbonyl (C=O) groups excluding carboxylic acids is 4. The summed E-state index contributed by atoms with van der Waals surface area (Å²) in [6.07, 6.45) is -0.540. The minimum absolute atomic E-state index is 0.000753. The van der Waals surface area contributed by atoms with E-state index in [9.17, 15) is 24.4 Å². The minimum Gasteiger partial charge on any atom is -0.466 e. The first-order chi connectivity index (χ1) is 17.7. The molecule has 38 heavy (non-hydrogen) atoms. The number of alkyl carbamates (subject to hydrolysis) is 1. The fraction of sp³-hybridized carbons (Fsp3) is 0.607. The number of benzene rings is 1. The van der Waals surface area contributed by atoms with E-state index < -0.39 is 48.1 Å². The zero-order valence-corrected chi connectivity index (χ0v) is 23.8. The molecule has 10 nitrogen and oxygen atoms in total. The molecule has 0 aromatic heterocycles. The summed E-state index contributed by atoms with van der Waals surface area (Å²) in [4.78, 5) is 52.9. The molecule has 0 aliphatic heterocycles. The van der Waals surface area contributed by atoms with Crippen LogP contribution in [0.3, 0.4) is 0 Å². The molecule has 10 heteroatoms. The van der Waals surface area contributed by atoms with Gasteiger partial charge in [-0.3, -0.25) is 14.4 Å². The first kappa shape index (κ1) is 32.4. The third kappa shape index (κ3) is 10.8. The van der Waals surface area contributed by atoms with Gasteiger partial charge in [0.2, 0.25) is 11.8 Å². The quantitative estimate of drug-likeness (QED) is 0.310. The lowest BCUT2D eigenvalue weighted by molar-refractivity contribution is -0.144. The average Bonchev–Trinajstić information content (AvgIpc) is 2.77. The number of hydrogen-bond acceptors (Lipinski definition) is 7. The molecule has 0 heterocycles. The van der Waals surface area contributed by atoms with E-state index in [1.54, 1.807) is 33.8 Å². The molecule has 0 aliphatic rings. The van der Waals surface area contributed by atoms with E-state index in [4.69, 9.17) is 9.47 Å². The van der Waals surface area contributed by atoms with Crippen molar-refractivity contribution in [1.82, 2.24) is 15.5 Å². The van der Waals surface area contributed by atoms with Gasteiger partial charge in [-0.15, -0.1) is 0 Å². The number of rotatable bonds is 12. The predicted octanol–water partition coefficient (Wildman–Crippen LogP) is 3.71. The van der Waals surface area contributed by atoms with Crippen LogP contribution in [0.2, 0.25) is 0 Å². The van der Waals surface area contributed by atoms with Crippen LogP contribution in [-0.4, -0.2) is 60.1 Å². The van der Waals surface area contributed by atoms with E-state index in [2.05, 4.69) is 10.6 Å². The molecule has 0 aliphatic carbocycles. The summed E-state index contributed by atoms with van der Waals surface area (Å²) in [5.74, 6) is -1.58. The smallest absolute Gasteiger partial charge is 0.408 e. The van der Waals surface area contributed by atoms with Crippen molar-refractivity contribution in [3.8, 4) is 6.07 Å². The number of esters is 1. The lowest BCUT2D eigenvalue weighted by atomic mass is 9.95. The molecule has 0 saturated heterocycles. The highest BCUT2D eigenvalue weighted by Gasteiger charge is 2.37. The second-order valence-electron chi connectivity index (χ2n) is 10.6. The highest BCUT2D eigenvalue weighted by atomic mass is 16.6. The van der Waals surface area contributed by atoms with Crippen molar-refractivity contribution in [2.24, 2.45) is 5.92 Å². The van der Waals surface area contributed by atoms with Gasteiger partial charge in [-0.25, -0.2) is 4.79 Å². The number of aryl methyl sites for hydroxylation is 2. The topological polar surface area (TPSA) is 138 Å². The molecular formula is C28H42N4O6. The number of carbonyl (C=O) groups is 4. The van der Waals surface area contributed by atoms with E-state index in [0.717, 1.165) is 11.1 Å². The number of amides is 3. The Balaban J connectivity index is 3.43. The van der Waals surface area contributed by atoms with E-state index in [1.807, 2.05) is 45.9 Å². The van der Waals surface area contributed by atoms with Gasteiger partial charge in [0.1, 0.15) is 24.2 Å². The number of hydrogen-bond donors (Lipinski definition) is 2. The molecule has 0 radical (unpaired) electrons. The second-order valence-corrected chi connectivity index (χ2v) is 10.6. The Labute approximate surface area is 226 Å². The summed E-state index contributed by atoms with van der Waals surface area (Å²) in [5, 5.41) is 15.0. The van der Waals surface area contributed by atoms with E-state index >= 15 is 0 Å². The van der Waals surface area contributed by atoms with Gasteiger partial charge in [0.15, 0.2) is 0 Å². The van der Waals surface area contributed by atoms with Gasteiger partial charge in [0.25, 0.3) is 0 Å². The van der Waals surface area contributed by atoms with Gasteiger partial charge in [0.05, 0.1) is 19.1 Å². The first-order valence-electron chi connectivity index (χ1n) is 12.9. The van der Waals surface area contributed by atoms with Crippen molar-refractivity contribution in [2.75, 3.05) is 19.7 Å². The van der Waals surface area contributed by atoms with Gasteiger partial charge in [0, 0.05) is 6.54 Å². The van der Waals surface area contributed by atoms with E-state index in [0.29, 0.717) is 5.56 Å². The molecule has 2 unspecified atom stereocenters. The van der Waals surface area contributed by atoms with Crippen molar-refractivity contribution >= 4 is 23.9 Å². The van der Waals surface area contributed by atoms with Crippen LogP contribution in [0.15, 0.2) is 18.2 Å². The molecular weight excluding hydrogens is 488 g/mol. The molecule has 2 N–H and O–H groups in total. The first-order valence-corrected chi connectivity index (χ1v) is 12.9. The third-order valence-corrected chi connectivity index (χ3v) is 5.43. The summed E-state index contributed by atoms with van der Waals surface area (Å²) in [6.45, 7) is 14.2.